The SMILES string of the molecule is COC(=O)c1ccccc1-c1nc(SCC(=O)O)n[nH]1. The van der Waals surface area contributed by atoms with Crippen LogP contribution in [-0.2, 0) is 9.53 Å². The van der Waals surface area contributed by atoms with E-state index in [1.165, 1.54) is 7.11 Å². The van der Waals surface area contributed by atoms with Crippen LogP contribution in [0.25, 0.3) is 11.4 Å². The van der Waals surface area contributed by atoms with Gasteiger partial charge in [-0.2, -0.15) is 0 Å². The molecule has 0 bridgehead atoms. The van der Waals surface area contributed by atoms with Crippen molar-refractivity contribution < 1.29 is 19.4 Å². The number of esters is 1. The molecule has 0 atom stereocenters. The quantitative estimate of drug-likeness (QED) is 0.634. The van der Waals surface area contributed by atoms with Gasteiger partial charge < -0.3 is 9.84 Å². The molecule has 0 radical (unpaired) electrons. The van der Waals surface area contributed by atoms with E-state index < -0.39 is 11.9 Å². The van der Waals surface area contributed by atoms with Crippen molar-refractivity contribution in [3.8, 4) is 11.4 Å². The number of aromatic amines is 1. The van der Waals surface area contributed by atoms with Gasteiger partial charge in [-0.25, -0.2) is 9.78 Å². The molecule has 1 heterocycles. The minimum absolute atomic E-state index is 0.129. The van der Waals surface area contributed by atoms with Crippen LogP contribution in [0.3, 0.4) is 0 Å². The van der Waals surface area contributed by atoms with E-state index in [0.29, 0.717) is 22.1 Å². The number of carboxylic acids is 1. The predicted octanol–water partition coefficient (Wildman–Crippen LogP) is 1.43. The molecule has 0 amide bonds. The van der Waals surface area contributed by atoms with Gasteiger partial charge in [0.25, 0.3) is 0 Å². The Morgan fingerprint density at radius 1 is 1.40 bits per heavy atom. The van der Waals surface area contributed by atoms with E-state index in [2.05, 4.69) is 15.2 Å². The van der Waals surface area contributed by atoms with Crippen LogP contribution in [0.4, 0.5) is 0 Å². The van der Waals surface area contributed by atoms with Crippen LogP contribution >= 0.6 is 11.8 Å². The summed E-state index contributed by atoms with van der Waals surface area (Å²) in [5.41, 5.74) is 0.912. The van der Waals surface area contributed by atoms with E-state index in [9.17, 15) is 9.59 Å². The first-order chi connectivity index (χ1) is 9.61. The number of rotatable bonds is 5. The molecule has 7 nitrogen and oxygen atoms in total. The van der Waals surface area contributed by atoms with Gasteiger partial charge in [0.05, 0.1) is 18.4 Å². The lowest BCUT2D eigenvalue weighted by Gasteiger charge is -2.04. The smallest absolute Gasteiger partial charge is 0.338 e. The predicted molar refractivity (Wildman–Crippen MR) is 71.5 cm³/mol. The Bertz CT molecular complexity index is 641. The second-order valence-corrected chi connectivity index (χ2v) is 4.63. The number of aliphatic carboxylic acids is 1. The Balaban J connectivity index is 2.28. The first kappa shape index (κ1) is 14.1. The Hall–Kier alpha value is -2.35. The fourth-order valence-corrected chi connectivity index (χ4v) is 2.05. The third kappa shape index (κ3) is 3.15. The van der Waals surface area contributed by atoms with Crippen molar-refractivity contribution in [2.45, 2.75) is 5.16 Å². The molecule has 0 spiro atoms. The van der Waals surface area contributed by atoms with Gasteiger partial charge in [0, 0.05) is 5.56 Å². The molecule has 2 rings (SSSR count). The zero-order valence-corrected chi connectivity index (χ0v) is 11.3. The highest BCUT2D eigenvalue weighted by molar-refractivity contribution is 7.99. The molecule has 2 N–H and O–H groups in total. The number of nitrogens with zero attached hydrogens (tertiary/aromatic N) is 2. The fourth-order valence-electron chi connectivity index (χ4n) is 1.54. The number of carbonyl (C=O) groups is 2. The van der Waals surface area contributed by atoms with Crippen LogP contribution in [0.5, 0.6) is 0 Å². The largest absolute Gasteiger partial charge is 0.481 e. The number of carbonyl (C=O) groups excluding carboxylic acids is 1. The molecular weight excluding hydrogens is 282 g/mol. The number of thioether (sulfide) groups is 1. The first-order valence-electron chi connectivity index (χ1n) is 5.56. The number of nitrogens with one attached hydrogen (secondary N) is 1. The minimum Gasteiger partial charge on any atom is -0.481 e. The monoisotopic (exact) mass is 293 g/mol. The van der Waals surface area contributed by atoms with E-state index >= 15 is 0 Å². The number of ether oxygens (including phenoxy) is 1. The summed E-state index contributed by atoms with van der Waals surface area (Å²) < 4.78 is 4.70. The number of hydrogen-bond donors (Lipinski definition) is 2. The first-order valence-corrected chi connectivity index (χ1v) is 6.55. The molecule has 0 fully saturated rings. The molecule has 0 unspecified atom stereocenters. The molecule has 1 aromatic carbocycles. The third-order valence-electron chi connectivity index (χ3n) is 2.38. The van der Waals surface area contributed by atoms with Crippen molar-refractivity contribution in [2.24, 2.45) is 0 Å². The number of hydrogen-bond acceptors (Lipinski definition) is 6. The van der Waals surface area contributed by atoms with Crippen LogP contribution in [0.15, 0.2) is 29.4 Å². The summed E-state index contributed by atoms with van der Waals surface area (Å²) in [6.45, 7) is 0. The maximum absolute atomic E-state index is 11.7. The average Bonchev–Trinajstić information content (AvgIpc) is 2.93. The van der Waals surface area contributed by atoms with E-state index in [4.69, 9.17) is 9.84 Å². The Morgan fingerprint density at radius 2 is 2.15 bits per heavy atom. The fraction of sp³-hybridized carbons (Fsp3) is 0.167. The topological polar surface area (TPSA) is 105 Å². The number of carboxylic acid groups (broad SMARTS) is 1. The molecule has 8 heteroatoms. The summed E-state index contributed by atoms with van der Waals surface area (Å²) in [5, 5.41) is 15.5. The van der Waals surface area contributed by atoms with Gasteiger partial charge in [0.15, 0.2) is 5.82 Å². The lowest BCUT2D eigenvalue weighted by Crippen LogP contribution is -2.03. The Labute approximate surface area is 118 Å². The molecular formula is C12H11N3O4S. The highest BCUT2D eigenvalue weighted by atomic mass is 32.2. The van der Waals surface area contributed by atoms with E-state index in [1.807, 2.05) is 0 Å². The standard InChI is InChI=1S/C12H11N3O4S/c1-19-11(18)8-5-3-2-4-7(8)10-13-12(15-14-10)20-6-9(16)17/h2-5H,6H2,1H3,(H,16,17)(H,13,14,15). The van der Waals surface area contributed by atoms with Crippen LogP contribution in [0.1, 0.15) is 10.4 Å². The van der Waals surface area contributed by atoms with Gasteiger partial charge in [-0.05, 0) is 6.07 Å². The number of methoxy groups -OCH3 is 1. The zero-order chi connectivity index (χ0) is 14.5. The zero-order valence-electron chi connectivity index (χ0n) is 10.5. The van der Waals surface area contributed by atoms with Crippen molar-refractivity contribution in [2.75, 3.05) is 12.9 Å². The molecule has 0 aliphatic heterocycles. The van der Waals surface area contributed by atoms with Crippen molar-refractivity contribution in [1.29, 1.82) is 0 Å². The molecule has 0 aliphatic carbocycles. The Kier molecular flexibility index (Phi) is 4.36. The highest BCUT2D eigenvalue weighted by Crippen LogP contribution is 2.23. The van der Waals surface area contributed by atoms with Gasteiger partial charge in [-0.15, -0.1) is 5.10 Å². The van der Waals surface area contributed by atoms with Gasteiger partial charge in [-0.1, -0.05) is 30.0 Å². The summed E-state index contributed by atoms with van der Waals surface area (Å²) in [6, 6.07) is 6.80. The maximum Gasteiger partial charge on any atom is 0.338 e. The normalized spacial score (nSPS) is 10.2. The molecule has 104 valence electrons. The molecule has 1 aromatic heterocycles. The third-order valence-corrected chi connectivity index (χ3v) is 3.21. The van der Waals surface area contributed by atoms with Crippen LogP contribution < -0.4 is 0 Å². The summed E-state index contributed by atoms with van der Waals surface area (Å²) in [4.78, 5) is 26.3. The lowest BCUT2D eigenvalue weighted by atomic mass is 10.1. The van der Waals surface area contributed by atoms with Gasteiger partial charge in [0.2, 0.25) is 5.16 Å². The molecule has 2 aromatic rings. The number of aromatic nitrogens is 3. The highest BCUT2D eigenvalue weighted by Gasteiger charge is 2.16. The van der Waals surface area contributed by atoms with E-state index in [-0.39, 0.29) is 5.75 Å². The molecule has 0 saturated carbocycles. The van der Waals surface area contributed by atoms with Gasteiger partial charge in [0.1, 0.15) is 0 Å². The van der Waals surface area contributed by atoms with Gasteiger partial charge in [-0.3, -0.25) is 9.89 Å². The Morgan fingerprint density at radius 3 is 2.85 bits per heavy atom. The maximum atomic E-state index is 11.7. The van der Waals surface area contributed by atoms with E-state index in [1.54, 1.807) is 24.3 Å². The molecule has 20 heavy (non-hydrogen) atoms. The molecule has 0 saturated heterocycles. The van der Waals surface area contributed by atoms with Gasteiger partial charge >= 0.3 is 11.9 Å². The minimum atomic E-state index is -0.948. The summed E-state index contributed by atoms with van der Waals surface area (Å²) in [6.07, 6.45) is 0. The van der Waals surface area contributed by atoms with Crippen LogP contribution in [0, 0.1) is 0 Å². The summed E-state index contributed by atoms with van der Waals surface area (Å²) in [7, 11) is 1.30. The number of benzene rings is 1. The van der Waals surface area contributed by atoms with Crippen molar-refractivity contribution in [1.82, 2.24) is 15.2 Å². The second-order valence-electron chi connectivity index (χ2n) is 3.69. The van der Waals surface area contributed by atoms with Crippen molar-refractivity contribution in [3.05, 3.63) is 29.8 Å². The summed E-state index contributed by atoms with van der Waals surface area (Å²) >= 11 is 0.995. The van der Waals surface area contributed by atoms with Crippen LogP contribution in [0.2, 0.25) is 0 Å². The average molecular weight is 293 g/mol. The summed E-state index contributed by atoms with van der Waals surface area (Å²) in [5.74, 6) is -1.16. The molecule has 0 aliphatic rings. The van der Waals surface area contributed by atoms with E-state index in [0.717, 1.165) is 11.8 Å². The number of H-pyrrole nitrogens is 1. The van der Waals surface area contributed by atoms with Crippen molar-refractivity contribution in [3.63, 3.8) is 0 Å². The van der Waals surface area contributed by atoms with Crippen molar-refractivity contribution >= 4 is 23.7 Å². The van der Waals surface area contributed by atoms with Crippen LogP contribution in [-0.4, -0.2) is 45.1 Å². The second kappa shape index (κ2) is 6.20. The lowest BCUT2D eigenvalue weighted by molar-refractivity contribution is -0.133.